The molecule has 0 fully saturated rings. The minimum atomic E-state index is -3.74. The molecule has 3 aromatic rings. The highest BCUT2D eigenvalue weighted by Gasteiger charge is 2.27. The number of rotatable bonds is 8. The Kier molecular flexibility index (Phi) is 6.71. The molecule has 4 rings (SSSR count). The highest BCUT2D eigenvalue weighted by molar-refractivity contribution is 7.92. The number of fused-ring (bicyclic) bond motifs is 1. The number of benzene rings is 1. The number of carbonyl (C=O) groups is 1. The molecule has 1 aliphatic heterocycles. The van der Waals surface area contributed by atoms with E-state index in [1.165, 1.54) is 19.3 Å². The van der Waals surface area contributed by atoms with Crippen LogP contribution in [0.1, 0.15) is 16.7 Å². The number of sulfonamides is 1. The van der Waals surface area contributed by atoms with Crippen molar-refractivity contribution in [3.8, 4) is 0 Å². The van der Waals surface area contributed by atoms with Crippen molar-refractivity contribution in [3.05, 3.63) is 59.2 Å². The van der Waals surface area contributed by atoms with E-state index in [4.69, 9.17) is 0 Å². The molecule has 0 saturated carbocycles. The number of amides is 1. The Morgan fingerprint density at radius 3 is 2.61 bits per heavy atom. The average Bonchev–Trinajstić information content (AvgIpc) is 3.17. The SMILES string of the molecule is Cc1cnc(N(C)S(C)(=O)=O)c(CN(c2nc(Nc3ccc4c(c3)NC(=O)C4)ncc2F)C(F)F)c1. The number of anilines is 5. The summed E-state index contributed by atoms with van der Waals surface area (Å²) in [6.45, 7) is -2.10. The van der Waals surface area contributed by atoms with E-state index in [9.17, 15) is 26.4 Å². The summed E-state index contributed by atoms with van der Waals surface area (Å²) in [7, 11) is -2.49. The smallest absolute Gasteiger partial charge is 0.316 e. The van der Waals surface area contributed by atoms with Gasteiger partial charge in [-0.2, -0.15) is 13.8 Å². The number of nitrogens with one attached hydrogen (secondary N) is 2. The number of hydrogen-bond donors (Lipinski definition) is 2. The van der Waals surface area contributed by atoms with E-state index in [1.807, 2.05) is 0 Å². The molecule has 0 aliphatic carbocycles. The number of carbonyl (C=O) groups excluding carboxylic acids is 1. The number of nitrogens with zero attached hydrogens (tertiary/aromatic N) is 5. The molecule has 14 heteroatoms. The van der Waals surface area contributed by atoms with E-state index in [-0.39, 0.29) is 29.7 Å². The predicted molar refractivity (Wildman–Crippen MR) is 128 cm³/mol. The zero-order valence-electron chi connectivity index (χ0n) is 19.5. The van der Waals surface area contributed by atoms with Gasteiger partial charge in [-0.15, -0.1) is 0 Å². The summed E-state index contributed by atoms with van der Waals surface area (Å²) in [5, 5.41) is 5.51. The molecule has 2 N–H and O–H groups in total. The van der Waals surface area contributed by atoms with Crippen LogP contribution in [0, 0.1) is 12.7 Å². The number of aromatic nitrogens is 3. The maximum absolute atomic E-state index is 14.7. The van der Waals surface area contributed by atoms with Gasteiger partial charge in [0.15, 0.2) is 11.6 Å². The van der Waals surface area contributed by atoms with Gasteiger partial charge in [0.1, 0.15) is 5.82 Å². The molecule has 1 aliphatic rings. The van der Waals surface area contributed by atoms with Crippen LogP contribution in [0.25, 0.3) is 0 Å². The minimum Gasteiger partial charge on any atom is -0.325 e. The molecule has 3 heterocycles. The number of pyridine rings is 1. The van der Waals surface area contributed by atoms with Gasteiger partial charge in [-0.05, 0) is 36.2 Å². The van der Waals surface area contributed by atoms with E-state index in [2.05, 4.69) is 25.6 Å². The summed E-state index contributed by atoms with van der Waals surface area (Å²) < 4.78 is 67.9. The summed E-state index contributed by atoms with van der Waals surface area (Å²) in [5.41, 5.74) is 2.58. The zero-order chi connectivity index (χ0) is 26.2. The largest absolute Gasteiger partial charge is 0.325 e. The highest BCUT2D eigenvalue weighted by Crippen LogP contribution is 2.30. The molecule has 190 valence electrons. The number of hydrogen-bond acceptors (Lipinski definition) is 8. The van der Waals surface area contributed by atoms with Crippen molar-refractivity contribution in [1.82, 2.24) is 15.0 Å². The highest BCUT2D eigenvalue weighted by atomic mass is 32.2. The fraction of sp³-hybridized carbons (Fsp3) is 0.273. The van der Waals surface area contributed by atoms with Crippen LogP contribution in [0.3, 0.4) is 0 Å². The maximum atomic E-state index is 14.7. The molecule has 0 bridgehead atoms. The molecule has 1 aromatic carbocycles. The van der Waals surface area contributed by atoms with Gasteiger partial charge < -0.3 is 10.6 Å². The van der Waals surface area contributed by atoms with Gasteiger partial charge >= 0.3 is 6.55 Å². The van der Waals surface area contributed by atoms with E-state index in [1.54, 1.807) is 25.1 Å². The Balaban J connectivity index is 1.66. The van der Waals surface area contributed by atoms with E-state index in [0.717, 1.165) is 22.3 Å². The summed E-state index contributed by atoms with van der Waals surface area (Å²) in [4.78, 5) is 23.8. The summed E-state index contributed by atoms with van der Waals surface area (Å²) in [6, 6.07) is 6.50. The first-order valence-electron chi connectivity index (χ1n) is 10.6. The lowest BCUT2D eigenvalue weighted by Crippen LogP contribution is -2.33. The Hall–Kier alpha value is -3.94. The third kappa shape index (κ3) is 5.32. The van der Waals surface area contributed by atoms with Crippen LogP contribution >= 0.6 is 0 Å². The molecule has 0 atom stereocenters. The number of halogens is 3. The topological polar surface area (TPSA) is 120 Å². The summed E-state index contributed by atoms with van der Waals surface area (Å²) in [6.07, 6.45) is 3.36. The Morgan fingerprint density at radius 1 is 1.17 bits per heavy atom. The van der Waals surface area contributed by atoms with Gasteiger partial charge in [0.05, 0.1) is 25.4 Å². The first-order chi connectivity index (χ1) is 16.9. The standard InChI is InChI=1S/C22H22F3N7O3S/c1-12-6-14(19(26-9-12)31(2)36(3,34)35)11-32(21(24)25)20-16(23)10-27-22(30-20)28-15-5-4-13-7-18(33)29-17(13)8-15/h4-6,8-10,21H,7,11H2,1-3H3,(H,29,33)(H,27,28,30). The lowest BCUT2D eigenvalue weighted by Gasteiger charge is -2.26. The van der Waals surface area contributed by atoms with Crippen molar-refractivity contribution in [1.29, 1.82) is 0 Å². The fourth-order valence-electron chi connectivity index (χ4n) is 3.64. The monoisotopic (exact) mass is 521 g/mol. The Bertz CT molecular complexity index is 1440. The van der Waals surface area contributed by atoms with Gasteiger partial charge in [-0.3, -0.25) is 14.0 Å². The lowest BCUT2D eigenvalue weighted by molar-refractivity contribution is -0.115. The lowest BCUT2D eigenvalue weighted by atomic mass is 10.1. The molecule has 2 aromatic heterocycles. The Labute approximate surface area is 205 Å². The second-order valence-electron chi connectivity index (χ2n) is 8.22. The van der Waals surface area contributed by atoms with Gasteiger partial charge in [-0.25, -0.2) is 22.8 Å². The first-order valence-corrected chi connectivity index (χ1v) is 12.4. The number of alkyl halides is 2. The van der Waals surface area contributed by atoms with Crippen molar-refractivity contribution < 1.29 is 26.4 Å². The van der Waals surface area contributed by atoms with Crippen molar-refractivity contribution in [2.75, 3.05) is 33.1 Å². The average molecular weight is 522 g/mol. The van der Waals surface area contributed by atoms with Crippen molar-refractivity contribution in [3.63, 3.8) is 0 Å². The maximum Gasteiger partial charge on any atom is 0.316 e. The van der Waals surface area contributed by atoms with Crippen molar-refractivity contribution in [2.24, 2.45) is 0 Å². The normalized spacial score (nSPS) is 12.9. The molecule has 0 spiro atoms. The second kappa shape index (κ2) is 9.60. The molecule has 0 radical (unpaired) electrons. The van der Waals surface area contributed by atoms with Gasteiger partial charge in [0.2, 0.25) is 21.9 Å². The van der Waals surface area contributed by atoms with Gasteiger partial charge in [0.25, 0.3) is 0 Å². The van der Waals surface area contributed by atoms with E-state index < -0.39 is 34.8 Å². The molecule has 36 heavy (non-hydrogen) atoms. The van der Waals surface area contributed by atoms with E-state index in [0.29, 0.717) is 21.8 Å². The third-order valence-corrected chi connectivity index (χ3v) is 6.61. The number of aryl methyl sites for hydroxylation is 1. The van der Waals surface area contributed by atoms with Crippen LogP contribution in [-0.4, -0.2) is 49.1 Å². The van der Waals surface area contributed by atoms with Crippen LogP contribution in [0.15, 0.2) is 36.7 Å². The first kappa shape index (κ1) is 25.2. The van der Waals surface area contributed by atoms with E-state index >= 15 is 0 Å². The van der Waals surface area contributed by atoms with Crippen LogP contribution < -0.4 is 19.8 Å². The second-order valence-corrected chi connectivity index (χ2v) is 10.2. The fourth-order valence-corrected chi connectivity index (χ4v) is 4.12. The van der Waals surface area contributed by atoms with Crippen LogP contribution in [0.4, 0.5) is 42.1 Å². The Morgan fingerprint density at radius 2 is 1.92 bits per heavy atom. The molecule has 1 amide bonds. The van der Waals surface area contributed by atoms with Crippen LogP contribution in [-0.2, 0) is 27.8 Å². The quantitative estimate of drug-likeness (QED) is 0.434. The molecule has 10 nitrogen and oxygen atoms in total. The summed E-state index contributed by atoms with van der Waals surface area (Å²) >= 11 is 0. The van der Waals surface area contributed by atoms with Crippen LogP contribution in [0.2, 0.25) is 0 Å². The van der Waals surface area contributed by atoms with Gasteiger partial charge in [-0.1, -0.05) is 6.07 Å². The van der Waals surface area contributed by atoms with Gasteiger partial charge in [0, 0.05) is 30.2 Å². The third-order valence-electron chi connectivity index (χ3n) is 5.44. The van der Waals surface area contributed by atoms with Crippen molar-refractivity contribution >= 4 is 44.9 Å². The van der Waals surface area contributed by atoms with Crippen LogP contribution in [0.5, 0.6) is 0 Å². The van der Waals surface area contributed by atoms with Crippen molar-refractivity contribution in [2.45, 2.75) is 26.4 Å². The molecular formula is C22H22F3N7O3S. The zero-order valence-corrected chi connectivity index (χ0v) is 20.3. The molecular weight excluding hydrogens is 499 g/mol. The minimum absolute atomic E-state index is 0.0678. The summed E-state index contributed by atoms with van der Waals surface area (Å²) in [5.74, 6) is -2.16. The molecule has 0 unspecified atom stereocenters. The predicted octanol–water partition coefficient (Wildman–Crippen LogP) is 3.18. The molecule has 0 saturated heterocycles.